The van der Waals surface area contributed by atoms with Gasteiger partial charge in [0.25, 0.3) is 0 Å². The molecule has 0 heterocycles. The van der Waals surface area contributed by atoms with Gasteiger partial charge >= 0.3 is 0 Å². The molecule has 2 N–H and O–H groups in total. The highest BCUT2D eigenvalue weighted by Gasteiger charge is 2.08. The molecule has 5 heteroatoms. The Morgan fingerprint density at radius 1 is 1.00 bits per heavy atom. The van der Waals surface area contributed by atoms with Crippen molar-refractivity contribution in [2.24, 2.45) is 5.73 Å². The van der Waals surface area contributed by atoms with E-state index in [1.54, 1.807) is 18.2 Å². The number of halogens is 2. The maximum absolute atomic E-state index is 13.1. The molecule has 3 nitrogen and oxygen atoms in total. The first-order chi connectivity index (χ1) is 9.12. The molecule has 0 aliphatic rings. The van der Waals surface area contributed by atoms with E-state index in [9.17, 15) is 8.78 Å². The fraction of sp³-hybridized carbons (Fsp3) is 0.143. The summed E-state index contributed by atoms with van der Waals surface area (Å²) in [4.78, 5) is 0. The Hall–Kier alpha value is -2.14. The van der Waals surface area contributed by atoms with Crippen molar-refractivity contribution in [1.29, 1.82) is 0 Å². The van der Waals surface area contributed by atoms with Crippen molar-refractivity contribution in [1.82, 2.24) is 0 Å². The van der Waals surface area contributed by atoms with Crippen LogP contribution in [0.1, 0.15) is 5.56 Å². The molecule has 0 aliphatic carbocycles. The van der Waals surface area contributed by atoms with Gasteiger partial charge in [-0.3, -0.25) is 0 Å². The van der Waals surface area contributed by atoms with Gasteiger partial charge in [-0.25, -0.2) is 8.78 Å². The summed E-state index contributed by atoms with van der Waals surface area (Å²) >= 11 is 0. The summed E-state index contributed by atoms with van der Waals surface area (Å²) in [5.41, 5.74) is 6.30. The van der Waals surface area contributed by atoms with Crippen molar-refractivity contribution < 1.29 is 18.3 Å². The summed E-state index contributed by atoms with van der Waals surface area (Å²) in [5, 5.41) is 0. The number of benzene rings is 2. The van der Waals surface area contributed by atoms with Crippen LogP contribution in [-0.2, 0) is 6.54 Å². The first-order valence-corrected chi connectivity index (χ1v) is 5.63. The summed E-state index contributed by atoms with van der Waals surface area (Å²) in [5.74, 6) is -0.351. The molecule has 0 fully saturated rings. The molecule has 0 amide bonds. The summed E-state index contributed by atoms with van der Waals surface area (Å²) < 4.78 is 36.7. The van der Waals surface area contributed by atoms with Crippen LogP contribution < -0.4 is 15.2 Å². The second kappa shape index (κ2) is 5.67. The Balaban J connectivity index is 2.35. The fourth-order valence-electron chi connectivity index (χ4n) is 1.64. The van der Waals surface area contributed by atoms with Crippen LogP contribution in [0.25, 0.3) is 0 Å². The molecule has 2 rings (SSSR count). The van der Waals surface area contributed by atoms with Crippen molar-refractivity contribution in [2.45, 2.75) is 6.54 Å². The van der Waals surface area contributed by atoms with Crippen LogP contribution in [0.2, 0.25) is 0 Å². The molecule has 0 radical (unpaired) electrons. The Labute approximate surface area is 109 Å². The maximum Gasteiger partial charge on any atom is 0.135 e. The van der Waals surface area contributed by atoms with E-state index in [1.807, 2.05) is 0 Å². The third kappa shape index (κ3) is 3.20. The SMILES string of the molecule is COc1ccc(CN)c(Oc2cc(F)cc(F)c2)c1. The molecule has 0 saturated heterocycles. The number of hydrogen-bond donors (Lipinski definition) is 1. The minimum atomic E-state index is -0.702. The van der Waals surface area contributed by atoms with Gasteiger partial charge in [0.15, 0.2) is 0 Å². The number of ether oxygens (including phenoxy) is 2. The highest BCUT2D eigenvalue weighted by Crippen LogP contribution is 2.30. The molecule has 2 aromatic rings. The standard InChI is InChI=1S/C14H13F2NO2/c1-18-12-3-2-9(8-17)14(7-12)19-13-5-10(15)4-11(16)6-13/h2-7H,8,17H2,1H3. The largest absolute Gasteiger partial charge is 0.497 e. The van der Waals surface area contributed by atoms with Gasteiger partial charge in [-0.1, -0.05) is 6.07 Å². The number of rotatable bonds is 4. The van der Waals surface area contributed by atoms with E-state index >= 15 is 0 Å². The highest BCUT2D eigenvalue weighted by atomic mass is 19.1. The molecule has 0 saturated carbocycles. The first-order valence-electron chi connectivity index (χ1n) is 5.63. The third-order valence-corrected chi connectivity index (χ3v) is 2.56. The minimum absolute atomic E-state index is 0.0699. The van der Waals surface area contributed by atoms with E-state index in [0.717, 1.165) is 18.2 Å². The molecule has 0 aromatic heterocycles. The molecule has 0 atom stereocenters. The summed E-state index contributed by atoms with van der Waals surface area (Å²) in [6.45, 7) is 0.247. The summed E-state index contributed by atoms with van der Waals surface area (Å²) in [6.07, 6.45) is 0. The number of methoxy groups -OCH3 is 1. The van der Waals surface area contributed by atoms with Crippen LogP contribution in [0.3, 0.4) is 0 Å². The van der Waals surface area contributed by atoms with Crippen LogP contribution in [0, 0.1) is 11.6 Å². The van der Waals surface area contributed by atoms with Crippen molar-refractivity contribution in [3.05, 3.63) is 53.6 Å². The lowest BCUT2D eigenvalue weighted by Gasteiger charge is -2.11. The molecule has 2 aromatic carbocycles. The molecule has 0 bridgehead atoms. The zero-order valence-electron chi connectivity index (χ0n) is 10.3. The number of nitrogens with two attached hydrogens (primary N) is 1. The van der Waals surface area contributed by atoms with Gasteiger partial charge in [-0.2, -0.15) is 0 Å². The second-order valence-corrected chi connectivity index (χ2v) is 3.88. The number of hydrogen-bond acceptors (Lipinski definition) is 3. The molecular weight excluding hydrogens is 252 g/mol. The lowest BCUT2D eigenvalue weighted by Crippen LogP contribution is -2.00. The van der Waals surface area contributed by atoms with Gasteiger partial charge in [-0.05, 0) is 6.07 Å². The average Bonchev–Trinajstić information content (AvgIpc) is 2.37. The van der Waals surface area contributed by atoms with E-state index < -0.39 is 11.6 Å². The van der Waals surface area contributed by atoms with Gasteiger partial charge in [0, 0.05) is 36.4 Å². The van der Waals surface area contributed by atoms with Crippen molar-refractivity contribution in [2.75, 3.05) is 7.11 Å². The van der Waals surface area contributed by atoms with Crippen molar-refractivity contribution >= 4 is 0 Å². The Morgan fingerprint density at radius 3 is 2.26 bits per heavy atom. The zero-order chi connectivity index (χ0) is 13.8. The van der Waals surface area contributed by atoms with Crippen LogP contribution >= 0.6 is 0 Å². The van der Waals surface area contributed by atoms with Crippen LogP contribution in [0.4, 0.5) is 8.78 Å². The monoisotopic (exact) mass is 265 g/mol. The summed E-state index contributed by atoms with van der Waals surface area (Å²) in [7, 11) is 1.52. The molecule has 0 spiro atoms. The average molecular weight is 265 g/mol. The first kappa shape index (κ1) is 13.3. The molecule has 19 heavy (non-hydrogen) atoms. The predicted molar refractivity (Wildman–Crippen MR) is 67.3 cm³/mol. The van der Waals surface area contributed by atoms with Crippen LogP contribution in [0.15, 0.2) is 36.4 Å². The minimum Gasteiger partial charge on any atom is -0.497 e. The molecule has 100 valence electrons. The second-order valence-electron chi connectivity index (χ2n) is 3.88. The normalized spacial score (nSPS) is 10.3. The fourth-order valence-corrected chi connectivity index (χ4v) is 1.64. The molecule has 0 unspecified atom stereocenters. The van der Waals surface area contributed by atoms with E-state index in [-0.39, 0.29) is 12.3 Å². The highest BCUT2D eigenvalue weighted by molar-refractivity contribution is 5.43. The Morgan fingerprint density at radius 2 is 1.68 bits per heavy atom. The Kier molecular flexibility index (Phi) is 3.97. The van der Waals surface area contributed by atoms with Gasteiger partial charge in [0.05, 0.1) is 7.11 Å². The van der Waals surface area contributed by atoms with E-state index in [1.165, 1.54) is 7.11 Å². The zero-order valence-corrected chi connectivity index (χ0v) is 10.3. The van der Waals surface area contributed by atoms with E-state index in [2.05, 4.69) is 0 Å². The third-order valence-electron chi connectivity index (χ3n) is 2.56. The summed E-state index contributed by atoms with van der Waals surface area (Å²) in [6, 6.07) is 8.07. The van der Waals surface area contributed by atoms with Gasteiger partial charge < -0.3 is 15.2 Å². The predicted octanol–water partition coefficient (Wildman–Crippen LogP) is 3.22. The van der Waals surface area contributed by atoms with E-state index in [0.29, 0.717) is 17.1 Å². The molecular formula is C14H13F2NO2. The van der Waals surface area contributed by atoms with Gasteiger partial charge in [0.2, 0.25) is 0 Å². The smallest absolute Gasteiger partial charge is 0.135 e. The van der Waals surface area contributed by atoms with Crippen molar-refractivity contribution in [3.8, 4) is 17.2 Å². The lowest BCUT2D eigenvalue weighted by molar-refractivity contribution is 0.407. The maximum atomic E-state index is 13.1. The quantitative estimate of drug-likeness (QED) is 0.923. The van der Waals surface area contributed by atoms with Crippen molar-refractivity contribution in [3.63, 3.8) is 0 Å². The molecule has 0 aliphatic heterocycles. The Bertz CT molecular complexity index is 567. The van der Waals surface area contributed by atoms with Crippen LogP contribution in [0.5, 0.6) is 17.2 Å². The van der Waals surface area contributed by atoms with E-state index in [4.69, 9.17) is 15.2 Å². The van der Waals surface area contributed by atoms with Crippen LogP contribution in [-0.4, -0.2) is 7.11 Å². The van der Waals surface area contributed by atoms with Gasteiger partial charge in [-0.15, -0.1) is 0 Å². The van der Waals surface area contributed by atoms with Gasteiger partial charge in [0.1, 0.15) is 28.9 Å². The lowest BCUT2D eigenvalue weighted by atomic mass is 10.2. The topological polar surface area (TPSA) is 44.5 Å².